The van der Waals surface area contributed by atoms with Gasteiger partial charge in [-0.1, -0.05) is 51.7 Å². The van der Waals surface area contributed by atoms with Crippen molar-refractivity contribution in [3.63, 3.8) is 0 Å². The van der Waals surface area contributed by atoms with Gasteiger partial charge in [0, 0.05) is 6.54 Å². The second kappa shape index (κ2) is 9.05. The lowest BCUT2D eigenvalue weighted by atomic mass is 10.0. The van der Waals surface area contributed by atoms with Crippen LogP contribution in [0.4, 0.5) is 5.69 Å². The maximum atomic E-state index is 11.9. The molecule has 1 rings (SSSR count). The molecule has 0 aliphatic carbocycles. The van der Waals surface area contributed by atoms with E-state index in [-0.39, 0.29) is 0 Å². The van der Waals surface area contributed by atoms with Gasteiger partial charge in [0.2, 0.25) is 10.0 Å². The van der Waals surface area contributed by atoms with E-state index in [0.29, 0.717) is 10.6 Å². The van der Waals surface area contributed by atoms with E-state index in [4.69, 9.17) is 0 Å². The molecule has 4 nitrogen and oxygen atoms in total. The summed E-state index contributed by atoms with van der Waals surface area (Å²) in [5.41, 5.74) is 0.675. The largest absolute Gasteiger partial charge is 0.384 e. The SMILES string of the molecule is CNS(=O)(=O)c1ccccc1NCCCCCCC(C)C. The van der Waals surface area contributed by atoms with Crippen LogP contribution >= 0.6 is 0 Å². The average Bonchev–Trinajstić information content (AvgIpc) is 2.46. The van der Waals surface area contributed by atoms with Crippen LogP contribution in [0.5, 0.6) is 0 Å². The number of para-hydroxylation sites is 1. The molecule has 21 heavy (non-hydrogen) atoms. The molecule has 0 fully saturated rings. The van der Waals surface area contributed by atoms with Crippen molar-refractivity contribution in [2.75, 3.05) is 18.9 Å². The molecule has 0 aliphatic heterocycles. The second-order valence-electron chi connectivity index (χ2n) is 5.73. The minimum Gasteiger partial charge on any atom is -0.384 e. The normalized spacial score (nSPS) is 11.8. The van der Waals surface area contributed by atoms with Crippen molar-refractivity contribution in [1.29, 1.82) is 0 Å². The smallest absolute Gasteiger partial charge is 0.242 e. The van der Waals surface area contributed by atoms with E-state index < -0.39 is 10.0 Å². The van der Waals surface area contributed by atoms with Crippen LogP contribution in [-0.4, -0.2) is 22.0 Å². The molecule has 0 aromatic heterocycles. The van der Waals surface area contributed by atoms with Crippen LogP contribution in [0.25, 0.3) is 0 Å². The standard InChI is InChI=1S/C16H28N2O2S/c1-14(2)10-6-4-5-9-13-18-15-11-7-8-12-16(15)21(19,20)17-3/h7-8,11-12,14,17-18H,4-6,9-10,13H2,1-3H3. The van der Waals surface area contributed by atoms with Crippen molar-refractivity contribution < 1.29 is 8.42 Å². The van der Waals surface area contributed by atoms with Crippen LogP contribution in [0.15, 0.2) is 29.2 Å². The summed E-state index contributed by atoms with van der Waals surface area (Å²) < 4.78 is 26.2. The molecule has 2 N–H and O–H groups in total. The lowest BCUT2D eigenvalue weighted by Crippen LogP contribution is -2.20. The van der Waals surface area contributed by atoms with Gasteiger partial charge in [0.15, 0.2) is 0 Å². The molecule has 0 amide bonds. The maximum absolute atomic E-state index is 11.9. The van der Waals surface area contributed by atoms with Gasteiger partial charge in [-0.05, 0) is 31.5 Å². The van der Waals surface area contributed by atoms with Gasteiger partial charge in [0.25, 0.3) is 0 Å². The Morgan fingerprint density at radius 3 is 2.38 bits per heavy atom. The Kier molecular flexibility index (Phi) is 7.75. The monoisotopic (exact) mass is 312 g/mol. The predicted molar refractivity (Wildman–Crippen MR) is 89.1 cm³/mol. The zero-order valence-electron chi connectivity index (χ0n) is 13.4. The number of anilines is 1. The highest BCUT2D eigenvalue weighted by Gasteiger charge is 2.15. The van der Waals surface area contributed by atoms with Crippen molar-refractivity contribution in [3.8, 4) is 0 Å². The Morgan fingerprint density at radius 1 is 1.05 bits per heavy atom. The molecule has 0 saturated carbocycles. The molecule has 1 aromatic rings. The first-order valence-electron chi connectivity index (χ1n) is 7.74. The number of nitrogens with one attached hydrogen (secondary N) is 2. The minimum atomic E-state index is -3.40. The van der Waals surface area contributed by atoms with Gasteiger partial charge >= 0.3 is 0 Å². The first kappa shape index (κ1) is 18.0. The molecule has 0 unspecified atom stereocenters. The van der Waals surface area contributed by atoms with Gasteiger partial charge in [0.1, 0.15) is 4.90 Å². The molecule has 120 valence electrons. The Bertz CT molecular complexity index is 513. The summed E-state index contributed by atoms with van der Waals surface area (Å²) in [6.45, 7) is 5.30. The van der Waals surface area contributed by atoms with Crippen molar-refractivity contribution in [3.05, 3.63) is 24.3 Å². The summed E-state index contributed by atoms with van der Waals surface area (Å²) >= 11 is 0. The van der Waals surface area contributed by atoms with E-state index in [1.54, 1.807) is 12.1 Å². The summed E-state index contributed by atoms with van der Waals surface area (Å²) in [7, 11) is -1.97. The fourth-order valence-electron chi connectivity index (χ4n) is 2.21. The molecule has 0 heterocycles. The maximum Gasteiger partial charge on any atom is 0.242 e. The molecular weight excluding hydrogens is 284 g/mol. The van der Waals surface area contributed by atoms with Gasteiger partial charge in [-0.3, -0.25) is 0 Å². The fraction of sp³-hybridized carbons (Fsp3) is 0.625. The Balaban J connectivity index is 2.39. The van der Waals surface area contributed by atoms with E-state index in [1.807, 2.05) is 12.1 Å². The highest BCUT2D eigenvalue weighted by Crippen LogP contribution is 2.20. The van der Waals surface area contributed by atoms with Crippen molar-refractivity contribution in [2.24, 2.45) is 5.92 Å². The first-order chi connectivity index (χ1) is 9.97. The summed E-state index contributed by atoms with van der Waals surface area (Å²) in [5.74, 6) is 0.779. The molecule has 0 aliphatic rings. The molecule has 0 bridgehead atoms. The third-order valence-electron chi connectivity index (χ3n) is 3.47. The second-order valence-corrected chi connectivity index (χ2v) is 7.58. The van der Waals surface area contributed by atoms with E-state index in [2.05, 4.69) is 23.9 Å². The van der Waals surface area contributed by atoms with Gasteiger partial charge in [0.05, 0.1) is 5.69 Å². The molecule has 0 atom stereocenters. The number of sulfonamides is 1. The van der Waals surface area contributed by atoms with Crippen LogP contribution in [0.1, 0.15) is 46.0 Å². The molecule has 0 spiro atoms. The highest BCUT2D eigenvalue weighted by atomic mass is 32.2. The molecule has 0 saturated heterocycles. The lowest BCUT2D eigenvalue weighted by molar-refractivity contribution is 0.523. The highest BCUT2D eigenvalue weighted by molar-refractivity contribution is 7.89. The van der Waals surface area contributed by atoms with Crippen LogP contribution < -0.4 is 10.0 Å². The number of benzene rings is 1. The average molecular weight is 312 g/mol. The molecule has 1 aromatic carbocycles. The van der Waals surface area contributed by atoms with Crippen LogP contribution in [0, 0.1) is 5.92 Å². The lowest BCUT2D eigenvalue weighted by Gasteiger charge is -2.12. The summed E-state index contributed by atoms with van der Waals surface area (Å²) in [6, 6.07) is 7.01. The number of unbranched alkanes of at least 4 members (excludes halogenated alkanes) is 3. The van der Waals surface area contributed by atoms with Crippen LogP contribution in [0.3, 0.4) is 0 Å². The topological polar surface area (TPSA) is 58.2 Å². The number of hydrogen-bond donors (Lipinski definition) is 2. The van der Waals surface area contributed by atoms with Crippen LogP contribution in [-0.2, 0) is 10.0 Å². The van der Waals surface area contributed by atoms with E-state index in [0.717, 1.165) is 18.9 Å². The Hall–Kier alpha value is -1.07. The Morgan fingerprint density at radius 2 is 1.71 bits per heavy atom. The van der Waals surface area contributed by atoms with E-state index in [9.17, 15) is 8.42 Å². The quantitative estimate of drug-likeness (QED) is 0.649. The van der Waals surface area contributed by atoms with Gasteiger partial charge in [-0.15, -0.1) is 0 Å². The van der Waals surface area contributed by atoms with Gasteiger partial charge < -0.3 is 5.32 Å². The number of rotatable bonds is 10. The predicted octanol–water partition coefficient (Wildman–Crippen LogP) is 3.61. The zero-order valence-corrected chi connectivity index (χ0v) is 14.2. The van der Waals surface area contributed by atoms with Crippen LogP contribution in [0.2, 0.25) is 0 Å². The van der Waals surface area contributed by atoms with Gasteiger partial charge in [-0.25, -0.2) is 13.1 Å². The number of hydrogen-bond acceptors (Lipinski definition) is 3. The molecule has 5 heteroatoms. The van der Waals surface area contributed by atoms with E-state index >= 15 is 0 Å². The van der Waals surface area contributed by atoms with Crippen molar-refractivity contribution in [2.45, 2.75) is 50.8 Å². The third kappa shape index (κ3) is 6.48. The fourth-order valence-corrected chi connectivity index (χ4v) is 3.12. The van der Waals surface area contributed by atoms with Crippen molar-refractivity contribution >= 4 is 15.7 Å². The Labute approximate surface area is 129 Å². The van der Waals surface area contributed by atoms with Crippen molar-refractivity contribution in [1.82, 2.24) is 4.72 Å². The summed E-state index contributed by atoms with van der Waals surface area (Å²) in [4.78, 5) is 0.312. The first-order valence-corrected chi connectivity index (χ1v) is 9.22. The third-order valence-corrected chi connectivity index (χ3v) is 4.94. The minimum absolute atomic E-state index is 0.312. The van der Waals surface area contributed by atoms with Gasteiger partial charge in [-0.2, -0.15) is 0 Å². The zero-order chi connectivity index (χ0) is 15.7. The van der Waals surface area contributed by atoms with E-state index in [1.165, 1.54) is 32.7 Å². The molecular formula is C16H28N2O2S. The summed E-state index contributed by atoms with van der Waals surface area (Å²) in [6.07, 6.45) is 6.06. The summed E-state index contributed by atoms with van der Waals surface area (Å²) in [5, 5.41) is 3.23. The molecule has 0 radical (unpaired) electrons.